The molecule has 0 aromatic heterocycles. The summed E-state index contributed by atoms with van der Waals surface area (Å²) in [5.41, 5.74) is 0. The second-order valence-electron chi connectivity index (χ2n) is 3.92. The standard InChI is InChI=1S/C11H18N2/c1-12-7-9-13(10-8-12)11-5-3-2-4-6-11/h3-6,11H,2,7-10H2,1H3. The number of likely N-dealkylation sites (N-methyl/N-ethyl adjacent to an activating group) is 1. The summed E-state index contributed by atoms with van der Waals surface area (Å²) in [6.07, 6.45) is 10.3. The zero-order valence-electron chi connectivity index (χ0n) is 8.32. The van der Waals surface area contributed by atoms with Gasteiger partial charge in [0.25, 0.3) is 0 Å². The Kier molecular flexibility index (Phi) is 2.81. The summed E-state index contributed by atoms with van der Waals surface area (Å²) in [6.45, 7) is 4.82. The Hall–Kier alpha value is -0.600. The number of allylic oxidation sites excluding steroid dienone is 2. The van der Waals surface area contributed by atoms with Gasteiger partial charge in [-0.3, -0.25) is 4.90 Å². The minimum Gasteiger partial charge on any atom is -0.304 e. The van der Waals surface area contributed by atoms with Crippen molar-refractivity contribution in [2.45, 2.75) is 12.5 Å². The maximum atomic E-state index is 2.55. The van der Waals surface area contributed by atoms with Crippen LogP contribution in [0, 0.1) is 0 Å². The van der Waals surface area contributed by atoms with Crippen molar-refractivity contribution in [1.29, 1.82) is 0 Å². The number of hydrogen-bond acceptors (Lipinski definition) is 2. The SMILES string of the molecule is CN1CCN(C2C=CCC=C2)CC1. The van der Waals surface area contributed by atoms with Crippen LogP contribution in [0.4, 0.5) is 0 Å². The zero-order valence-corrected chi connectivity index (χ0v) is 8.32. The summed E-state index contributed by atoms with van der Waals surface area (Å²) < 4.78 is 0. The van der Waals surface area contributed by atoms with Crippen molar-refractivity contribution in [3.8, 4) is 0 Å². The molecule has 72 valence electrons. The Labute approximate surface area is 80.5 Å². The first-order valence-corrected chi connectivity index (χ1v) is 5.12. The summed E-state index contributed by atoms with van der Waals surface area (Å²) in [6, 6.07) is 0.572. The van der Waals surface area contributed by atoms with Crippen molar-refractivity contribution in [2.24, 2.45) is 0 Å². The third-order valence-electron chi connectivity index (χ3n) is 2.90. The summed E-state index contributed by atoms with van der Waals surface area (Å²) in [4.78, 5) is 4.94. The third kappa shape index (κ3) is 2.20. The maximum absolute atomic E-state index is 2.55. The molecule has 2 aliphatic rings. The Balaban J connectivity index is 1.90. The predicted molar refractivity (Wildman–Crippen MR) is 55.8 cm³/mol. The summed E-state index contributed by atoms with van der Waals surface area (Å²) in [7, 11) is 2.20. The first kappa shape index (κ1) is 8.97. The highest BCUT2D eigenvalue weighted by Gasteiger charge is 2.18. The fourth-order valence-corrected chi connectivity index (χ4v) is 1.94. The van der Waals surface area contributed by atoms with E-state index in [0.717, 1.165) is 6.42 Å². The van der Waals surface area contributed by atoms with Crippen molar-refractivity contribution < 1.29 is 0 Å². The molecule has 1 saturated heterocycles. The minimum absolute atomic E-state index is 0.572. The normalized spacial score (nSPS) is 26.8. The van der Waals surface area contributed by atoms with Gasteiger partial charge in [0.2, 0.25) is 0 Å². The number of piperazine rings is 1. The second kappa shape index (κ2) is 4.07. The van der Waals surface area contributed by atoms with Gasteiger partial charge in [0.15, 0.2) is 0 Å². The molecule has 0 spiro atoms. The van der Waals surface area contributed by atoms with Gasteiger partial charge in [0.05, 0.1) is 0 Å². The highest BCUT2D eigenvalue weighted by atomic mass is 15.3. The molecule has 0 N–H and O–H groups in total. The number of hydrogen-bond donors (Lipinski definition) is 0. The molecular formula is C11H18N2. The lowest BCUT2D eigenvalue weighted by Gasteiger charge is -2.36. The van der Waals surface area contributed by atoms with E-state index in [2.05, 4.69) is 41.2 Å². The molecule has 0 radical (unpaired) electrons. The Morgan fingerprint density at radius 3 is 2.23 bits per heavy atom. The van der Waals surface area contributed by atoms with Crippen LogP contribution in [-0.4, -0.2) is 49.1 Å². The van der Waals surface area contributed by atoms with Crippen LogP contribution >= 0.6 is 0 Å². The van der Waals surface area contributed by atoms with Gasteiger partial charge in [-0.25, -0.2) is 0 Å². The van der Waals surface area contributed by atoms with Crippen molar-refractivity contribution in [3.63, 3.8) is 0 Å². The highest BCUT2D eigenvalue weighted by molar-refractivity contribution is 5.14. The molecule has 2 rings (SSSR count). The molecule has 0 aromatic rings. The molecule has 2 heteroatoms. The van der Waals surface area contributed by atoms with E-state index in [9.17, 15) is 0 Å². The average Bonchev–Trinajstić information content (AvgIpc) is 2.20. The van der Waals surface area contributed by atoms with Crippen LogP contribution in [0.25, 0.3) is 0 Å². The van der Waals surface area contributed by atoms with E-state index in [-0.39, 0.29) is 0 Å². The molecule has 0 aromatic carbocycles. The lowest BCUT2D eigenvalue weighted by atomic mass is 10.1. The van der Waals surface area contributed by atoms with Gasteiger partial charge in [-0.1, -0.05) is 24.3 Å². The molecule has 2 nitrogen and oxygen atoms in total. The molecule has 0 atom stereocenters. The molecule has 0 saturated carbocycles. The molecule has 13 heavy (non-hydrogen) atoms. The van der Waals surface area contributed by atoms with E-state index in [1.165, 1.54) is 26.2 Å². The van der Waals surface area contributed by atoms with E-state index in [1.807, 2.05) is 0 Å². The van der Waals surface area contributed by atoms with Gasteiger partial charge in [0.1, 0.15) is 0 Å². The second-order valence-corrected chi connectivity index (χ2v) is 3.92. The average molecular weight is 178 g/mol. The van der Waals surface area contributed by atoms with Gasteiger partial charge in [-0.15, -0.1) is 0 Å². The molecule has 1 fully saturated rings. The Morgan fingerprint density at radius 2 is 1.62 bits per heavy atom. The van der Waals surface area contributed by atoms with Gasteiger partial charge < -0.3 is 4.90 Å². The van der Waals surface area contributed by atoms with Crippen molar-refractivity contribution >= 4 is 0 Å². The van der Waals surface area contributed by atoms with E-state index in [4.69, 9.17) is 0 Å². The molecule has 0 unspecified atom stereocenters. The first-order chi connectivity index (χ1) is 6.36. The number of nitrogens with zero attached hydrogens (tertiary/aromatic N) is 2. The van der Waals surface area contributed by atoms with Crippen LogP contribution in [0.3, 0.4) is 0 Å². The number of rotatable bonds is 1. The quantitative estimate of drug-likeness (QED) is 0.555. The Bertz CT molecular complexity index is 200. The van der Waals surface area contributed by atoms with Gasteiger partial charge >= 0.3 is 0 Å². The Morgan fingerprint density at radius 1 is 1.00 bits per heavy atom. The van der Waals surface area contributed by atoms with Gasteiger partial charge in [-0.05, 0) is 13.5 Å². The van der Waals surface area contributed by atoms with Crippen molar-refractivity contribution in [3.05, 3.63) is 24.3 Å². The predicted octanol–water partition coefficient (Wildman–Crippen LogP) is 1.12. The smallest absolute Gasteiger partial charge is 0.0463 e. The molecule has 1 heterocycles. The minimum atomic E-state index is 0.572. The molecule has 0 bridgehead atoms. The van der Waals surface area contributed by atoms with Gasteiger partial charge in [0, 0.05) is 32.2 Å². The monoisotopic (exact) mass is 178 g/mol. The summed E-state index contributed by atoms with van der Waals surface area (Å²) >= 11 is 0. The van der Waals surface area contributed by atoms with Crippen LogP contribution in [-0.2, 0) is 0 Å². The molecule has 1 aliphatic heterocycles. The molecule has 1 aliphatic carbocycles. The van der Waals surface area contributed by atoms with Crippen molar-refractivity contribution in [1.82, 2.24) is 9.80 Å². The largest absolute Gasteiger partial charge is 0.304 e. The third-order valence-corrected chi connectivity index (χ3v) is 2.90. The topological polar surface area (TPSA) is 6.48 Å². The van der Waals surface area contributed by atoms with Gasteiger partial charge in [-0.2, -0.15) is 0 Å². The zero-order chi connectivity index (χ0) is 9.10. The lowest BCUT2D eigenvalue weighted by Crippen LogP contribution is -2.48. The van der Waals surface area contributed by atoms with Crippen molar-refractivity contribution in [2.75, 3.05) is 33.2 Å². The van der Waals surface area contributed by atoms with Crippen LogP contribution in [0.2, 0.25) is 0 Å². The molecular weight excluding hydrogens is 160 g/mol. The fraction of sp³-hybridized carbons (Fsp3) is 0.636. The van der Waals surface area contributed by atoms with Crippen LogP contribution in [0.5, 0.6) is 0 Å². The van der Waals surface area contributed by atoms with E-state index >= 15 is 0 Å². The molecule has 0 amide bonds. The van der Waals surface area contributed by atoms with E-state index in [0.29, 0.717) is 6.04 Å². The van der Waals surface area contributed by atoms with E-state index < -0.39 is 0 Å². The van der Waals surface area contributed by atoms with E-state index in [1.54, 1.807) is 0 Å². The van der Waals surface area contributed by atoms with Crippen LogP contribution in [0.15, 0.2) is 24.3 Å². The maximum Gasteiger partial charge on any atom is 0.0463 e. The summed E-state index contributed by atoms with van der Waals surface area (Å²) in [5, 5.41) is 0. The first-order valence-electron chi connectivity index (χ1n) is 5.12. The van der Waals surface area contributed by atoms with Crippen LogP contribution in [0.1, 0.15) is 6.42 Å². The van der Waals surface area contributed by atoms with Crippen LogP contribution < -0.4 is 0 Å². The summed E-state index contributed by atoms with van der Waals surface area (Å²) in [5.74, 6) is 0. The fourth-order valence-electron chi connectivity index (χ4n) is 1.94. The highest BCUT2D eigenvalue weighted by Crippen LogP contribution is 2.11. The lowest BCUT2D eigenvalue weighted by molar-refractivity contribution is 0.145.